The molecule has 2 aliphatic rings. The highest BCUT2D eigenvalue weighted by Gasteiger charge is 2.23. The van der Waals surface area contributed by atoms with E-state index in [1.165, 1.54) is 16.5 Å². The predicted octanol–water partition coefficient (Wildman–Crippen LogP) is 2.62. The number of carbonyl (C=O) groups is 1. The van der Waals surface area contributed by atoms with Crippen molar-refractivity contribution in [2.45, 2.75) is 6.42 Å². The van der Waals surface area contributed by atoms with Crippen LogP contribution in [0.2, 0.25) is 0 Å². The van der Waals surface area contributed by atoms with Crippen LogP contribution in [0.3, 0.4) is 0 Å². The van der Waals surface area contributed by atoms with Gasteiger partial charge in [-0.1, -0.05) is 36.4 Å². The Labute approximate surface area is 167 Å². The molecule has 1 amide bonds. The molecule has 5 nitrogen and oxygen atoms in total. The van der Waals surface area contributed by atoms with Crippen LogP contribution in [-0.2, 0) is 4.74 Å². The normalized spacial score (nSPS) is 18.3. The molecule has 1 N–H and O–H groups in total. The zero-order chi connectivity index (χ0) is 19.3. The van der Waals surface area contributed by atoms with Gasteiger partial charge in [0.2, 0.25) is 0 Å². The lowest BCUT2D eigenvalue weighted by Gasteiger charge is -2.34. The maximum atomic E-state index is 13.3. The second-order valence-electron chi connectivity index (χ2n) is 7.53. The Morgan fingerprint density at radius 1 is 1.07 bits per heavy atom. The molecule has 0 aromatic heterocycles. The number of hydrogen-bond donors (Lipinski definition) is 1. The highest BCUT2D eigenvalue weighted by molar-refractivity contribution is 6.09. The number of rotatable bonds is 5. The Morgan fingerprint density at radius 3 is 2.61 bits per heavy atom. The molecule has 0 bridgehead atoms. The van der Waals surface area contributed by atoms with E-state index in [4.69, 9.17) is 4.74 Å². The number of benzene rings is 2. The molecule has 148 valence electrons. The predicted molar refractivity (Wildman–Crippen MR) is 114 cm³/mol. The number of hydrogen-bond acceptors (Lipinski definition) is 4. The average Bonchev–Trinajstić information content (AvgIpc) is 2.77. The van der Waals surface area contributed by atoms with E-state index in [-0.39, 0.29) is 5.91 Å². The van der Waals surface area contributed by atoms with Gasteiger partial charge in [-0.2, -0.15) is 0 Å². The summed E-state index contributed by atoms with van der Waals surface area (Å²) in [5.74, 6) is 0.143. The van der Waals surface area contributed by atoms with Crippen molar-refractivity contribution in [1.82, 2.24) is 15.1 Å². The summed E-state index contributed by atoms with van der Waals surface area (Å²) in [6.45, 7) is 6.95. The zero-order valence-electron chi connectivity index (χ0n) is 16.6. The van der Waals surface area contributed by atoms with E-state index >= 15 is 0 Å². The number of carbonyl (C=O) groups excluding carboxylic acids is 1. The minimum absolute atomic E-state index is 0.143. The second kappa shape index (κ2) is 8.86. The van der Waals surface area contributed by atoms with Gasteiger partial charge in [0.05, 0.1) is 6.61 Å². The molecular weight excluding hydrogens is 350 g/mol. The molecule has 2 aliphatic heterocycles. The Hall–Kier alpha value is -2.21. The van der Waals surface area contributed by atoms with Gasteiger partial charge in [0.25, 0.3) is 5.91 Å². The van der Waals surface area contributed by atoms with E-state index in [1.807, 2.05) is 17.0 Å². The van der Waals surface area contributed by atoms with Gasteiger partial charge >= 0.3 is 0 Å². The van der Waals surface area contributed by atoms with Crippen molar-refractivity contribution < 1.29 is 9.53 Å². The first-order chi connectivity index (χ1) is 13.8. The Morgan fingerprint density at radius 2 is 1.86 bits per heavy atom. The molecule has 1 saturated heterocycles. The number of methoxy groups -OCH3 is 1. The number of nitrogens with one attached hydrogen (secondary N) is 1. The molecular formula is C23H29N3O2. The first kappa shape index (κ1) is 19.1. The maximum Gasteiger partial charge on any atom is 0.254 e. The standard InChI is InChI=1S/C23H29N3O2/c1-28-16-15-25-11-13-26(14-12-25)23(27)22-9-3-7-20-19(6-2-8-21(20)22)18-5-4-10-24-17-18/h2-3,5-9,24H,4,10-17H2,1H3. The number of nitrogens with zero attached hydrogens (tertiary/aromatic N) is 2. The van der Waals surface area contributed by atoms with Crippen LogP contribution >= 0.6 is 0 Å². The van der Waals surface area contributed by atoms with Gasteiger partial charge in [0.1, 0.15) is 0 Å². The summed E-state index contributed by atoms with van der Waals surface area (Å²) in [5, 5.41) is 5.67. The van der Waals surface area contributed by atoms with Crippen LogP contribution in [0, 0.1) is 0 Å². The van der Waals surface area contributed by atoms with Crippen LogP contribution in [0.15, 0.2) is 42.5 Å². The Bertz CT molecular complexity index is 869. The monoisotopic (exact) mass is 379 g/mol. The van der Waals surface area contributed by atoms with E-state index < -0.39 is 0 Å². The lowest BCUT2D eigenvalue weighted by atomic mass is 9.93. The fourth-order valence-corrected chi connectivity index (χ4v) is 4.19. The van der Waals surface area contributed by atoms with Crippen molar-refractivity contribution in [2.24, 2.45) is 0 Å². The minimum Gasteiger partial charge on any atom is -0.383 e. The number of fused-ring (bicyclic) bond motifs is 1. The third-order valence-corrected chi connectivity index (χ3v) is 5.80. The van der Waals surface area contributed by atoms with Gasteiger partial charge < -0.3 is 15.0 Å². The van der Waals surface area contributed by atoms with Crippen molar-refractivity contribution >= 4 is 22.3 Å². The first-order valence-corrected chi connectivity index (χ1v) is 10.2. The van der Waals surface area contributed by atoms with Crippen LogP contribution in [0.5, 0.6) is 0 Å². The third kappa shape index (κ3) is 3.97. The van der Waals surface area contributed by atoms with E-state index in [9.17, 15) is 4.79 Å². The fraction of sp³-hybridized carbons (Fsp3) is 0.435. The smallest absolute Gasteiger partial charge is 0.254 e. The number of amides is 1. The summed E-state index contributed by atoms with van der Waals surface area (Å²) in [7, 11) is 1.73. The molecule has 28 heavy (non-hydrogen) atoms. The molecule has 0 spiro atoms. The van der Waals surface area contributed by atoms with Gasteiger partial charge in [0, 0.05) is 51.9 Å². The molecule has 0 unspecified atom stereocenters. The molecule has 2 aromatic carbocycles. The largest absolute Gasteiger partial charge is 0.383 e. The summed E-state index contributed by atoms with van der Waals surface area (Å²) in [6, 6.07) is 12.5. The van der Waals surface area contributed by atoms with E-state index in [2.05, 4.69) is 40.6 Å². The Balaban J connectivity index is 1.57. The zero-order valence-corrected chi connectivity index (χ0v) is 16.6. The van der Waals surface area contributed by atoms with Crippen molar-refractivity contribution in [3.05, 3.63) is 53.6 Å². The summed E-state index contributed by atoms with van der Waals surface area (Å²) in [5.41, 5.74) is 3.38. The quantitative estimate of drug-likeness (QED) is 0.867. The summed E-state index contributed by atoms with van der Waals surface area (Å²) in [4.78, 5) is 17.6. The molecule has 4 rings (SSSR count). The lowest BCUT2D eigenvalue weighted by molar-refractivity contribution is 0.0596. The van der Waals surface area contributed by atoms with Crippen LogP contribution in [0.1, 0.15) is 22.3 Å². The third-order valence-electron chi connectivity index (χ3n) is 5.80. The highest BCUT2D eigenvalue weighted by atomic mass is 16.5. The molecule has 1 fully saturated rings. The van der Waals surface area contributed by atoms with Crippen LogP contribution in [0.4, 0.5) is 0 Å². The van der Waals surface area contributed by atoms with Gasteiger partial charge in [-0.15, -0.1) is 0 Å². The number of piperazine rings is 1. The molecule has 0 atom stereocenters. The number of ether oxygens (including phenoxy) is 1. The fourth-order valence-electron chi connectivity index (χ4n) is 4.19. The summed E-state index contributed by atoms with van der Waals surface area (Å²) >= 11 is 0. The van der Waals surface area contributed by atoms with Crippen LogP contribution in [0.25, 0.3) is 16.3 Å². The first-order valence-electron chi connectivity index (χ1n) is 10.2. The van der Waals surface area contributed by atoms with Gasteiger partial charge in [-0.3, -0.25) is 9.69 Å². The average molecular weight is 380 g/mol. The van der Waals surface area contributed by atoms with Gasteiger partial charge in [-0.05, 0) is 40.9 Å². The SMILES string of the molecule is COCCN1CCN(C(=O)c2cccc3c(C4=CCCNC4)cccc23)CC1. The molecule has 2 heterocycles. The summed E-state index contributed by atoms with van der Waals surface area (Å²) in [6.07, 6.45) is 3.37. The molecule has 2 aromatic rings. The topological polar surface area (TPSA) is 44.8 Å². The highest BCUT2D eigenvalue weighted by Crippen LogP contribution is 2.29. The van der Waals surface area contributed by atoms with Crippen LogP contribution < -0.4 is 5.32 Å². The molecule has 0 radical (unpaired) electrons. The Kier molecular flexibility index (Phi) is 6.05. The van der Waals surface area contributed by atoms with E-state index in [0.29, 0.717) is 0 Å². The van der Waals surface area contributed by atoms with Crippen molar-refractivity contribution in [3.63, 3.8) is 0 Å². The molecule has 0 saturated carbocycles. The van der Waals surface area contributed by atoms with E-state index in [1.54, 1.807) is 7.11 Å². The van der Waals surface area contributed by atoms with Gasteiger partial charge in [0.15, 0.2) is 0 Å². The van der Waals surface area contributed by atoms with Crippen molar-refractivity contribution in [2.75, 3.05) is 59.5 Å². The van der Waals surface area contributed by atoms with Crippen molar-refractivity contribution in [3.8, 4) is 0 Å². The van der Waals surface area contributed by atoms with E-state index in [0.717, 1.165) is 69.8 Å². The summed E-state index contributed by atoms with van der Waals surface area (Å²) < 4.78 is 5.17. The van der Waals surface area contributed by atoms with Crippen LogP contribution in [-0.4, -0.2) is 75.2 Å². The van der Waals surface area contributed by atoms with Gasteiger partial charge in [-0.25, -0.2) is 0 Å². The second-order valence-corrected chi connectivity index (χ2v) is 7.53. The lowest BCUT2D eigenvalue weighted by Crippen LogP contribution is -2.49. The minimum atomic E-state index is 0.143. The molecule has 0 aliphatic carbocycles. The van der Waals surface area contributed by atoms with Crippen molar-refractivity contribution in [1.29, 1.82) is 0 Å². The molecule has 5 heteroatoms. The maximum absolute atomic E-state index is 13.3.